The molecule has 156 valence electrons. The summed E-state index contributed by atoms with van der Waals surface area (Å²) in [5.41, 5.74) is 3.43. The first kappa shape index (κ1) is 21.9. The highest BCUT2D eigenvalue weighted by atomic mass is 35.5. The highest BCUT2D eigenvalue weighted by Gasteiger charge is 2.21. The fourth-order valence-electron chi connectivity index (χ4n) is 3.61. The number of thiocarbonyl (C=S) groups is 1. The van der Waals surface area contributed by atoms with Crippen molar-refractivity contribution in [3.63, 3.8) is 0 Å². The van der Waals surface area contributed by atoms with Crippen LogP contribution < -0.4 is 10.2 Å². The average Bonchev–Trinajstić information content (AvgIpc) is 3.24. The Kier molecular flexibility index (Phi) is 8.16. The molecule has 1 heterocycles. The Morgan fingerprint density at radius 2 is 1.79 bits per heavy atom. The zero-order valence-corrected chi connectivity index (χ0v) is 18.8. The van der Waals surface area contributed by atoms with Crippen molar-refractivity contribution in [2.24, 2.45) is 0 Å². The van der Waals surface area contributed by atoms with Crippen LogP contribution in [0, 0.1) is 0 Å². The first-order valence-electron chi connectivity index (χ1n) is 10.4. The summed E-state index contributed by atoms with van der Waals surface area (Å²) in [5, 5.41) is 4.76. The lowest BCUT2D eigenvalue weighted by atomic mass is 10.1. The van der Waals surface area contributed by atoms with E-state index in [1.165, 1.54) is 11.3 Å². The van der Waals surface area contributed by atoms with E-state index in [-0.39, 0.29) is 6.10 Å². The van der Waals surface area contributed by atoms with E-state index < -0.39 is 0 Å². The molecule has 1 aliphatic heterocycles. The van der Waals surface area contributed by atoms with E-state index in [1.807, 2.05) is 24.3 Å². The SMILES string of the molecule is CCN(CC)c1ccc(CN(CC2CCCO2)C(=S)Nc2ccc(Cl)cc2)cc1. The van der Waals surface area contributed by atoms with E-state index in [9.17, 15) is 0 Å². The van der Waals surface area contributed by atoms with Crippen LogP contribution in [-0.4, -0.2) is 42.4 Å². The highest BCUT2D eigenvalue weighted by Crippen LogP contribution is 2.20. The predicted molar refractivity (Wildman–Crippen MR) is 127 cm³/mol. The van der Waals surface area contributed by atoms with Crippen LogP contribution in [0.25, 0.3) is 0 Å². The van der Waals surface area contributed by atoms with Gasteiger partial charge in [-0.15, -0.1) is 0 Å². The quantitative estimate of drug-likeness (QED) is 0.552. The summed E-state index contributed by atoms with van der Waals surface area (Å²) in [6.07, 6.45) is 2.44. The molecule has 3 rings (SSSR count). The van der Waals surface area contributed by atoms with E-state index >= 15 is 0 Å². The standard InChI is InChI=1S/C23H30ClN3OS/c1-3-26(4-2)21-13-7-18(8-14-21)16-27(17-22-6-5-15-28-22)23(29)25-20-11-9-19(24)10-12-20/h7-14,22H,3-6,15-17H2,1-2H3,(H,25,29). The second-order valence-corrected chi connectivity index (χ2v) is 8.11. The molecule has 0 spiro atoms. The van der Waals surface area contributed by atoms with E-state index in [2.05, 4.69) is 53.2 Å². The molecular formula is C23H30ClN3OS. The summed E-state index contributed by atoms with van der Waals surface area (Å²) in [7, 11) is 0. The lowest BCUT2D eigenvalue weighted by Crippen LogP contribution is -2.39. The molecule has 4 nitrogen and oxygen atoms in total. The second kappa shape index (κ2) is 10.8. The van der Waals surface area contributed by atoms with Crippen LogP contribution in [0.2, 0.25) is 5.02 Å². The molecule has 1 aliphatic rings. The average molecular weight is 432 g/mol. The van der Waals surface area contributed by atoms with Gasteiger partial charge in [0.25, 0.3) is 0 Å². The van der Waals surface area contributed by atoms with Gasteiger partial charge >= 0.3 is 0 Å². The smallest absolute Gasteiger partial charge is 0.173 e. The molecule has 0 amide bonds. The molecule has 0 saturated carbocycles. The molecule has 6 heteroatoms. The van der Waals surface area contributed by atoms with Crippen LogP contribution in [0.15, 0.2) is 48.5 Å². The van der Waals surface area contributed by atoms with Crippen LogP contribution >= 0.6 is 23.8 Å². The van der Waals surface area contributed by atoms with Gasteiger partial charge in [-0.05, 0) is 80.9 Å². The molecule has 0 aromatic heterocycles. The number of rotatable bonds is 8. The monoisotopic (exact) mass is 431 g/mol. The Labute approximate surface area is 184 Å². The van der Waals surface area contributed by atoms with Crippen LogP contribution in [0.4, 0.5) is 11.4 Å². The highest BCUT2D eigenvalue weighted by molar-refractivity contribution is 7.80. The van der Waals surface area contributed by atoms with E-state index in [0.717, 1.165) is 51.3 Å². The summed E-state index contributed by atoms with van der Waals surface area (Å²) >= 11 is 11.7. The Bertz CT molecular complexity index is 772. The molecule has 1 unspecified atom stereocenters. The topological polar surface area (TPSA) is 27.7 Å². The first-order chi connectivity index (χ1) is 14.1. The summed E-state index contributed by atoms with van der Waals surface area (Å²) in [5.74, 6) is 0. The molecule has 2 aromatic rings. The maximum atomic E-state index is 6.00. The molecule has 1 atom stereocenters. The second-order valence-electron chi connectivity index (χ2n) is 7.29. The normalized spacial score (nSPS) is 15.9. The van der Waals surface area contributed by atoms with Crippen molar-refractivity contribution >= 4 is 40.3 Å². The van der Waals surface area contributed by atoms with Crippen molar-refractivity contribution in [3.05, 3.63) is 59.1 Å². The summed E-state index contributed by atoms with van der Waals surface area (Å²) in [4.78, 5) is 4.55. The van der Waals surface area contributed by atoms with Gasteiger partial charge in [-0.3, -0.25) is 0 Å². The number of benzene rings is 2. The Balaban J connectivity index is 1.70. The van der Waals surface area contributed by atoms with Gasteiger partial charge in [-0.1, -0.05) is 23.7 Å². The van der Waals surface area contributed by atoms with Crippen molar-refractivity contribution in [3.8, 4) is 0 Å². The van der Waals surface area contributed by atoms with E-state index in [0.29, 0.717) is 10.1 Å². The summed E-state index contributed by atoms with van der Waals surface area (Å²) in [6.45, 7) is 8.76. The third-order valence-corrected chi connectivity index (χ3v) is 5.88. The minimum absolute atomic E-state index is 0.231. The maximum Gasteiger partial charge on any atom is 0.173 e. The zero-order valence-electron chi connectivity index (χ0n) is 17.2. The molecule has 0 bridgehead atoms. The number of halogens is 1. The van der Waals surface area contributed by atoms with Gasteiger partial charge in [0.1, 0.15) is 0 Å². The van der Waals surface area contributed by atoms with Gasteiger partial charge in [0.05, 0.1) is 6.10 Å². The van der Waals surface area contributed by atoms with Crippen molar-refractivity contribution in [2.75, 3.05) is 36.5 Å². The Morgan fingerprint density at radius 3 is 2.38 bits per heavy atom. The molecule has 1 N–H and O–H groups in total. The van der Waals surface area contributed by atoms with Crippen molar-refractivity contribution in [1.29, 1.82) is 0 Å². The van der Waals surface area contributed by atoms with Crippen LogP contribution in [0.1, 0.15) is 32.3 Å². The van der Waals surface area contributed by atoms with Gasteiger partial charge in [-0.2, -0.15) is 0 Å². The third-order valence-electron chi connectivity index (χ3n) is 5.27. The molecule has 1 saturated heterocycles. The lowest BCUT2D eigenvalue weighted by Gasteiger charge is -2.29. The largest absolute Gasteiger partial charge is 0.376 e. The Morgan fingerprint density at radius 1 is 1.10 bits per heavy atom. The van der Waals surface area contributed by atoms with Gasteiger partial charge in [-0.25, -0.2) is 0 Å². The predicted octanol–water partition coefficient (Wildman–Crippen LogP) is 5.56. The number of hydrogen-bond acceptors (Lipinski definition) is 3. The van der Waals surface area contributed by atoms with Gasteiger partial charge < -0.3 is 19.9 Å². The van der Waals surface area contributed by atoms with Crippen molar-refractivity contribution in [2.45, 2.75) is 39.3 Å². The van der Waals surface area contributed by atoms with Gasteiger partial charge in [0.2, 0.25) is 0 Å². The molecular weight excluding hydrogens is 402 g/mol. The minimum Gasteiger partial charge on any atom is -0.376 e. The van der Waals surface area contributed by atoms with Crippen molar-refractivity contribution < 1.29 is 4.74 Å². The first-order valence-corrected chi connectivity index (χ1v) is 11.1. The van der Waals surface area contributed by atoms with Crippen LogP contribution in [0.3, 0.4) is 0 Å². The summed E-state index contributed by atoms with van der Waals surface area (Å²) in [6, 6.07) is 16.4. The number of nitrogens with one attached hydrogen (secondary N) is 1. The molecule has 0 aliphatic carbocycles. The molecule has 29 heavy (non-hydrogen) atoms. The number of hydrogen-bond donors (Lipinski definition) is 1. The maximum absolute atomic E-state index is 6.00. The van der Waals surface area contributed by atoms with Gasteiger partial charge in [0.15, 0.2) is 5.11 Å². The number of nitrogens with zero attached hydrogens (tertiary/aromatic N) is 2. The van der Waals surface area contributed by atoms with Gasteiger partial charge in [0, 0.05) is 49.2 Å². The Hall–Kier alpha value is -1.82. The van der Waals surface area contributed by atoms with E-state index in [1.54, 1.807) is 0 Å². The van der Waals surface area contributed by atoms with E-state index in [4.69, 9.17) is 28.6 Å². The minimum atomic E-state index is 0.231. The molecule has 0 radical (unpaired) electrons. The molecule has 2 aromatic carbocycles. The van der Waals surface area contributed by atoms with Crippen LogP contribution in [-0.2, 0) is 11.3 Å². The number of anilines is 2. The summed E-state index contributed by atoms with van der Waals surface area (Å²) < 4.78 is 5.86. The number of ether oxygens (including phenoxy) is 1. The lowest BCUT2D eigenvalue weighted by molar-refractivity contribution is 0.0905. The zero-order chi connectivity index (χ0) is 20.6. The third kappa shape index (κ3) is 6.33. The van der Waals surface area contributed by atoms with Crippen LogP contribution in [0.5, 0.6) is 0 Å². The molecule has 1 fully saturated rings. The fraction of sp³-hybridized carbons (Fsp3) is 0.435. The van der Waals surface area contributed by atoms with Crippen molar-refractivity contribution in [1.82, 2.24) is 4.90 Å². The fourth-order valence-corrected chi connectivity index (χ4v) is 3.99.